The average Bonchev–Trinajstić information content (AvgIpc) is 2.25. The Bertz CT molecular complexity index is 393. The number of nitrogens with two attached hydrogens (primary N) is 1. The van der Waals surface area contributed by atoms with Crippen LogP contribution in [0, 0.1) is 11.7 Å². The molecular formula is C13H18FNOS. The fourth-order valence-electron chi connectivity index (χ4n) is 1.34. The van der Waals surface area contributed by atoms with Crippen molar-refractivity contribution in [3.8, 4) is 0 Å². The summed E-state index contributed by atoms with van der Waals surface area (Å²) < 4.78 is 18.9. The van der Waals surface area contributed by atoms with E-state index in [4.69, 9.17) is 22.7 Å². The van der Waals surface area contributed by atoms with E-state index in [2.05, 4.69) is 13.8 Å². The largest absolute Gasteiger partial charge is 0.389 e. The van der Waals surface area contributed by atoms with Gasteiger partial charge in [0.1, 0.15) is 10.8 Å². The number of halogens is 1. The van der Waals surface area contributed by atoms with E-state index in [1.165, 1.54) is 6.07 Å². The quantitative estimate of drug-likeness (QED) is 0.627. The highest BCUT2D eigenvalue weighted by Crippen LogP contribution is 2.12. The molecule has 0 heterocycles. The summed E-state index contributed by atoms with van der Waals surface area (Å²) in [5.74, 6) is 0.303. The molecule has 0 atom stereocenters. The molecule has 0 aliphatic heterocycles. The summed E-state index contributed by atoms with van der Waals surface area (Å²) >= 11 is 4.85. The lowest BCUT2D eigenvalue weighted by atomic mass is 10.1. The van der Waals surface area contributed by atoms with E-state index in [9.17, 15) is 4.39 Å². The Morgan fingerprint density at radius 3 is 2.76 bits per heavy atom. The average molecular weight is 255 g/mol. The second-order valence-electron chi connectivity index (χ2n) is 4.41. The van der Waals surface area contributed by atoms with Crippen LogP contribution in [0.3, 0.4) is 0 Å². The zero-order valence-corrected chi connectivity index (χ0v) is 11.0. The summed E-state index contributed by atoms with van der Waals surface area (Å²) in [6, 6.07) is 4.60. The van der Waals surface area contributed by atoms with E-state index in [1.807, 2.05) is 0 Å². The fourth-order valence-corrected chi connectivity index (χ4v) is 1.47. The van der Waals surface area contributed by atoms with Gasteiger partial charge in [-0.05, 0) is 30.5 Å². The maximum Gasteiger partial charge on any atom is 0.128 e. The summed E-state index contributed by atoms with van der Waals surface area (Å²) in [5.41, 5.74) is 6.66. The maximum atomic E-state index is 13.5. The van der Waals surface area contributed by atoms with Crippen molar-refractivity contribution < 1.29 is 9.13 Å². The molecule has 0 radical (unpaired) electrons. The van der Waals surface area contributed by atoms with E-state index < -0.39 is 0 Å². The third kappa shape index (κ3) is 4.79. The van der Waals surface area contributed by atoms with E-state index in [0.717, 1.165) is 6.42 Å². The molecule has 0 aliphatic carbocycles. The molecule has 1 aromatic carbocycles. The van der Waals surface area contributed by atoms with E-state index in [-0.39, 0.29) is 17.4 Å². The minimum absolute atomic E-state index is 0.259. The van der Waals surface area contributed by atoms with Crippen LogP contribution >= 0.6 is 12.2 Å². The molecular weight excluding hydrogens is 237 g/mol. The first-order valence-corrected chi connectivity index (χ1v) is 6.07. The van der Waals surface area contributed by atoms with E-state index in [0.29, 0.717) is 23.7 Å². The Morgan fingerprint density at radius 1 is 1.47 bits per heavy atom. The number of rotatable bonds is 6. The van der Waals surface area contributed by atoms with Crippen molar-refractivity contribution in [3.63, 3.8) is 0 Å². The van der Waals surface area contributed by atoms with Gasteiger partial charge in [0.2, 0.25) is 0 Å². The van der Waals surface area contributed by atoms with Gasteiger partial charge in [-0.3, -0.25) is 0 Å². The lowest BCUT2D eigenvalue weighted by molar-refractivity contribution is 0.108. The van der Waals surface area contributed by atoms with Crippen LogP contribution in [0.15, 0.2) is 18.2 Å². The summed E-state index contributed by atoms with van der Waals surface area (Å²) in [6.45, 7) is 5.14. The summed E-state index contributed by atoms with van der Waals surface area (Å²) in [6.07, 6.45) is 0.969. The van der Waals surface area contributed by atoms with Crippen molar-refractivity contribution in [2.45, 2.75) is 26.9 Å². The van der Waals surface area contributed by atoms with Gasteiger partial charge in [-0.15, -0.1) is 0 Å². The first kappa shape index (κ1) is 14.1. The van der Waals surface area contributed by atoms with Crippen molar-refractivity contribution >= 4 is 17.2 Å². The molecule has 0 unspecified atom stereocenters. The van der Waals surface area contributed by atoms with Gasteiger partial charge < -0.3 is 10.5 Å². The Kier molecular flexibility index (Phi) is 5.51. The number of ether oxygens (including phenoxy) is 1. The molecule has 1 aromatic rings. The zero-order valence-electron chi connectivity index (χ0n) is 10.2. The van der Waals surface area contributed by atoms with E-state index >= 15 is 0 Å². The highest BCUT2D eigenvalue weighted by molar-refractivity contribution is 7.80. The Hall–Kier alpha value is -1.00. The number of benzene rings is 1. The molecule has 1 rings (SSSR count). The van der Waals surface area contributed by atoms with Gasteiger partial charge in [0.15, 0.2) is 0 Å². The van der Waals surface area contributed by atoms with Crippen molar-refractivity contribution in [1.82, 2.24) is 0 Å². The third-order valence-corrected chi connectivity index (χ3v) is 2.66. The van der Waals surface area contributed by atoms with Gasteiger partial charge in [0.25, 0.3) is 0 Å². The molecule has 0 aliphatic rings. The van der Waals surface area contributed by atoms with Crippen LogP contribution in [0.2, 0.25) is 0 Å². The highest BCUT2D eigenvalue weighted by atomic mass is 32.1. The lowest BCUT2D eigenvalue weighted by Gasteiger charge is -2.08. The Labute approximate surface area is 107 Å². The molecule has 4 heteroatoms. The number of hydrogen-bond donors (Lipinski definition) is 1. The molecule has 0 amide bonds. The minimum Gasteiger partial charge on any atom is -0.389 e. The minimum atomic E-state index is -0.283. The van der Waals surface area contributed by atoms with Gasteiger partial charge in [-0.25, -0.2) is 4.39 Å². The Morgan fingerprint density at radius 2 is 2.18 bits per heavy atom. The van der Waals surface area contributed by atoms with Crippen LogP contribution < -0.4 is 5.73 Å². The summed E-state index contributed by atoms with van der Waals surface area (Å²) in [7, 11) is 0. The molecule has 0 aromatic heterocycles. The van der Waals surface area contributed by atoms with Gasteiger partial charge in [0, 0.05) is 17.7 Å². The number of hydrogen-bond acceptors (Lipinski definition) is 2. The van der Waals surface area contributed by atoms with Crippen molar-refractivity contribution in [3.05, 3.63) is 35.1 Å². The molecule has 0 saturated heterocycles. The van der Waals surface area contributed by atoms with Gasteiger partial charge in [-0.2, -0.15) is 0 Å². The number of thiocarbonyl (C=S) groups is 1. The normalized spacial score (nSPS) is 10.8. The molecule has 2 N–H and O–H groups in total. The van der Waals surface area contributed by atoms with Gasteiger partial charge in [-0.1, -0.05) is 26.1 Å². The molecule has 0 bridgehead atoms. The van der Waals surface area contributed by atoms with Crippen LogP contribution in [0.4, 0.5) is 4.39 Å². The summed E-state index contributed by atoms with van der Waals surface area (Å²) in [5, 5.41) is 0. The lowest BCUT2D eigenvalue weighted by Crippen LogP contribution is -2.10. The predicted octanol–water partition coefficient (Wildman–Crippen LogP) is 3.02. The molecule has 0 spiro atoms. The predicted molar refractivity (Wildman–Crippen MR) is 71.4 cm³/mol. The zero-order chi connectivity index (χ0) is 12.8. The first-order chi connectivity index (χ1) is 8.00. The summed E-state index contributed by atoms with van der Waals surface area (Å²) in [4.78, 5) is 0.272. The van der Waals surface area contributed by atoms with Gasteiger partial charge >= 0.3 is 0 Å². The molecule has 2 nitrogen and oxygen atoms in total. The second-order valence-corrected chi connectivity index (χ2v) is 4.85. The Balaban J connectivity index is 2.57. The molecule has 94 valence electrons. The third-order valence-electron chi connectivity index (χ3n) is 2.43. The maximum absolute atomic E-state index is 13.5. The molecule has 0 fully saturated rings. The van der Waals surface area contributed by atoms with Crippen LogP contribution in [0.1, 0.15) is 31.4 Å². The van der Waals surface area contributed by atoms with Crippen molar-refractivity contribution in [1.29, 1.82) is 0 Å². The van der Waals surface area contributed by atoms with Crippen LogP contribution in [0.25, 0.3) is 0 Å². The highest BCUT2D eigenvalue weighted by Gasteiger charge is 2.05. The molecule has 0 saturated carbocycles. The van der Waals surface area contributed by atoms with Crippen LogP contribution in [-0.4, -0.2) is 11.6 Å². The first-order valence-electron chi connectivity index (χ1n) is 5.66. The van der Waals surface area contributed by atoms with Crippen LogP contribution in [0.5, 0.6) is 0 Å². The smallest absolute Gasteiger partial charge is 0.128 e. The SMILES string of the molecule is CC(C)CCOCc1cc(C(N)=S)ccc1F. The second kappa shape index (κ2) is 6.67. The van der Waals surface area contributed by atoms with Crippen molar-refractivity contribution in [2.75, 3.05) is 6.61 Å². The molecule has 17 heavy (non-hydrogen) atoms. The van der Waals surface area contributed by atoms with Crippen molar-refractivity contribution in [2.24, 2.45) is 11.7 Å². The van der Waals surface area contributed by atoms with Crippen LogP contribution in [-0.2, 0) is 11.3 Å². The van der Waals surface area contributed by atoms with Gasteiger partial charge in [0.05, 0.1) is 6.61 Å². The topological polar surface area (TPSA) is 35.2 Å². The monoisotopic (exact) mass is 255 g/mol. The fraction of sp³-hybridized carbons (Fsp3) is 0.462. The van der Waals surface area contributed by atoms with E-state index in [1.54, 1.807) is 12.1 Å². The standard InChI is InChI=1S/C13H18FNOS/c1-9(2)5-6-16-8-11-7-10(13(15)17)3-4-12(11)14/h3-4,7,9H,5-6,8H2,1-2H3,(H2,15,17).